The zero-order valence-electron chi connectivity index (χ0n) is 16.1. The number of aromatic nitrogens is 2. The van der Waals surface area contributed by atoms with E-state index in [1.807, 2.05) is 25.2 Å². The highest BCUT2D eigenvalue weighted by atomic mass is 35.5. The summed E-state index contributed by atoms with van der Waals surface area (Å²) in [5, 5.41) is 3.60. The number of benzene rings is 1. The van der Waals surface area contributed by atoms with Gasteiger partial charge in [0.2, 0.25) is 5.91 Å². The molecule has 0 radical (unpaired) electrons. The number of nitrogens with one attached hydrogen (secondary N) is 1. The number of anilines is 1. The van der Waals surface area contributed by atoms with Crippen molar-refractivity contribution in [3.63, 3.8) is 0 Å². The van der Waals surface area contributed by atoms with E-state index in [1.165, 1.54) is 6.07 Å². The number of aryl methyl sites for hydroxylation is 3. The summed E-state index contributed by atoms with van der Waals surface area (Å²) in [6.45, 7) is 1.98. The number of hydrogen-bond donors (Lipinski definition) is 1. The lowest BCUT2D eigenvalue weighted by molar-refractivity contribution is -0.115. The number of carbonyl (C=O) groups excluding carboxylic acids is 1. The topological polar surface area (TPSA) is 54.9 Å². The molecule has 0 bridgehead atoms. The van der Waals surface area contributed by atoms with Gasteiger partial charge in [0, 0.05) is 10.6 Å². The zero-order chi connectivity index (χ0) is 20.4. The van der Waals surface area contributed by atoms with Gasteiger partial charge < -0.3 is 5.32 Å². The van der Waals surface area contributed by atoms with Crippen LogP contribution in [0.5, 0.6) is 0 Å². The number of amides is 1. The molecule has 4 rings (SSSR count). The molecule has 1 aromatic heterocycles. The molecule has 2 aliphatic rings. The van der Waals surface area contributed by atoms with Gasteiger partial charge in [0.1, 0.15) is 5.82 Å². The average Bonchev–Trinajstić information content (AvgIpc) is 2.91. The normalized spacial score (nSPS) is 15.0. The third-order valence-corrected chi connectivity index (χ3v) is 5.38. The van der Waals surface area contributed by atoms with Gasteiger partial charge in [0.15, 0.2) is 5.82 Å². The van der Waals surface area contributed by atoms with Crippen molar-refractivity contribution in [2.75, 3.05) is 5.32 Å². The van der Waals surface area contributed by atoms with Gasteiger partial charge in [-0.15, -0.1) is 0 Å². The molecule has 0 atom stereocenters. The van der Waals surface area contributed by atoms with Gasteiger partial charge in [0.05, 0.1) is 23.5 Å². The van der Waals surface area contributed by atoms with Crippen LogP contribution < -0.4 is 5.32 Å². The summed E-state index contributed by atoms with van der Waals surface area (Å²) >= 11 is 6.01. The van der Waals surface area contributed by atoms with E-state index < -0.39 is 0 Å². The zero-order valence-corrected chi connectivity index (χ0v) is 16.9. The molecule has 29 heavy (non-hydrogen) atoms. The second kappa shape index (κ2) is 8.29. The van der Waals surface area contributed by atoms with Crippen molar-refractivity contribution in [1.29, 1.82) is 0 Å². The lowest BCUT2D eigenvalue weighted by Gasteiger charge is -2.20. The molecule has 1 aromatic carbocycles. The first-order valence-corrected chi connectivity index (χ1v) is 10.1. The fourth-order valence-corrected chi connectivity index (χ4v) is 3.79. The molecule has 0 fully saturated rings. The summed E-state index contributed by atoms with van der Waals surface area (Å²) in [5.41, 5.74) is 5.13. The molecule has 4 nitrogen and oxygen atoms in total. The van der Waals surface area contributed by atoms with Crippen molar-refractivity contribution in [3.8, 4) is 11.3 Å². The standard InChI is InChI=1S/C23H21ClFN3O/c1-2-19-23(28-21(29)12-14-4-3-5-16(24)8-6-14)27-20-11-7-15-13-17(25)9-10-18(15)22(20)26-19/h4-6,8-10,13H,2-3,7,11-12H2,1H3,(H,27,28,29). The molecule has 2 aliphatic carbocycles. The van der Waals surface area contributed by atoms with Crippen LogP contribution in [0.1, 0.15) is 36.7 Å². The van der Waals surface area contributed by atoms with Gasteiger partial charge in [-0.3, -0.25) is 4.79 Å². The molecule has 0 saturated carbocycles. The first-order valence-electron chi connectivity index (χ1n) is 9.74. The van der Waals surface area contributed by atoms with Crippen molar-refractivity contribution >= 4 is 23.3 Å². The predicted octanol–water partition coefficient (Wildman–Crippen LogP) is 5.28. The number of carbonyl (C=O) groups is 1. The molecule has 0 saturated heterocycles. The number of rotatable bonds is 4. The van der Waals surface area contributed by atoms with Crippen molar-refractivity contribution < 1.29 is 9.18 Å². The summed E-state index contributed by atoms with van der Waals surface area (Å²) in [7, 11) is 0. The van der Waals surface area contributed by atoms with Crippen LogP contribution in [-0.4, -0.2) is 15.9 Å². The van der Waals surface area contributed by atoms with Crippen molar-refractivity contribution in [3.05, 3.63) is 75.9 Å². The molecular formula is C23H21ClFN3O. The second-order valence-corrected chi connectivity index (χ2v) is 7.57. The van der Waals surface area contributed by atoms with Crippen LogP contribution in [0, 0.1) is 5.82 Å². The quantitative estimate of drug-likeness (QED) is 0.747. The highest BCUT2D eigenvalue weighted by Gasteiger charge is 2.22. The van der Waals surface area contributed by atoms with E-state index in [2.05, 4.69) is 5.32 Å². The van der Waals surface area contributed by atoms with Gasteiger partial charge in [-0.25, -0.2) is 14.4 Å². The summed E-state index contributed by atoms with van der Waals surface area (Å²) in [6, 6.07) is 4.78. The van der Waals surface area contributed by atoms with Gasteiger partial charge in [-0.1, -0.05) is 36.8 Å². The van der Waals surface area contributed by atoms with Crippen LogP contribution in [-0.2, 0) is 24.1 Å². The Morgan fingerprint density at radius 2 is 2.07 bits per heavy atom. The molecule has 1 N–H and O–H groups in total. The Balaban J connectivity index is 1.57. The first kappa shape index (κ1) is 19.5. The highest BCUT2D eigenvalue weighted by molar-refractivity contribution is 6.31. The first-order chi connectivity index (χ1) is 14.0. The molecule has 1 heterocycles. The van der Waals surface area contributed by atoms with E-state index >= 15 is 0 Å². The number of allylic oxidation sites excluding steroid dienone is 5. The van der Waals surface area contributed by atoms with Gasteiger partial charge in [-0.2, -0.15) is 0 Å². The fourth-order valence-electron chi connectivity index (χ4n) is 3.63. The van der Waals surface area contributed by atoms with E-state index in [9.17, 15) is 9.18 Å². The third kappa shape index (κ3) is 4.30. The summed E-state index contributed by atoms with van der Waals surface area (Å²) < 4.78 is 13.6. The highest BCUT2D eigenvalue weighted by Crippen LogP contribution is 2.33. The maximum absolute atomic E-state index is 13.6. The average molecular weight is 410 g/mol. The van der Waals surface area contributed by atoms with Crippen LogP contribution in [0.3, 0.4) is 0 Å². The Labute approximate surface area is 174 Å². The number of fused-ring (bicyclic) bond motifs is 3. The van der Waals surface area contributed by atoms with E-state index in [-0.39, 0.29) is 18.1 Å². The number of nitrogens with zero attached hydrogens (tertiary/aromatic N) is 2. The van der Waals surface area contributed by atoms with Gasteiger partial charge in [-0.05, 0) is 61.1 Å². The smallest absolute Gasteiger partial charge is 0.229 e. The van der Waals surface area contributed by atoms with Gasteiger partial charge >= 0.3 is 0 Å². The molecule has 148 valence electrons. The Morgan fingerprint density at radius 3 is 2.90 bits per heavy atom. The van der Waals surface area contributed by atoms with Crippen LogP contribution in [0.4, 0.5) is 10.2 Å². The van der Waals surface area contributed by atoms with Crippen molar-refractivity contribution in [2.24, 2.45) is 0 Å². The minimum atomic E-state index is -0.238. The lowest BCUT2D eigenvalue weighted by Crippen LogP contribution is -2.18. The minimum absolute atomic E-state index is 0.138. The van der Waals surface area contributed by atoms with Crippen LogP contribution in [0.15, 0.2) is 53.1 Å². The molecule has 0 spiro atoms. The molecule has 0 unspecified atom stereocenters. The van der Waals surface area contributed by atoms with Crippen LogP contribution in [0.2, 0.25) is 0 Å². The molecular weight excluding hydrogens is 389 g/mol. The fraction of sp³-hybridized carbons (Fsp3) is 0.261. The van der Waals surface area contributed by atoms with Crippen LogP contribution in [0.25, 0.3) is 11.3 Å². The number of halogens is 2. The Bertz CT molecular complexity index is 1070. The SMILES string of the molecule is CCc1nc2c(nc1NC(=O)CC1=CCC=C(Cl)C=C1)CCc1cc(F)ccc1-2. The van der Waals surface area contributed by atoms with Crippen molar-refractivity contribution in [1.82, 2.24) is 9.97 Å². The number of hydrogen-bond acceptors (Lipinski definition) is 3. The van der Waals surface area contributed by atoms with E-state index in [0.29, 0.717) is 36.5 Å². The predicted molar refractivity (Wildman–Crippen MR) is 113 cm³/mol. The van der Waals surface area contributed by atoms with E-state index in [4.69, 9.17) is 21.6 Å². The Kier molecular flexibility index (Phi) is 5.58. The summed E-state index contributed by atoms with van der Waals surface area (Å²) in [6.07, 6.45) is 10.5. The maximum Gasteiger partial charge on any atom is 0.229 e. The minimum Gasteiger partial charge on any atom is -0.309 e. The summed E-state index contributed by atoms with van der Waals surface area (Å²) in [4.78, 5) is 22.1. The molecule has 6 heteroatoms. The van der Waals surface area contributed by atoms with Gasteiger partial charge in [0.25, 0.3) is 0 Å². The maximum atomic E-state index is 13.6. The molecule has 1 amide bonds. The third-order valence-electron chi connectivity index (χ3n) is 5.10. The monoisotopic (exact) mass is 409 g/mol. The van der Waals surface area contributed by atoms with Crippen LogP contribution >= 0.6 is 11.6 Å². The Hall–Kier alpha value is -2.79. The molecule has 2 aromatic rings. The summed E-state index contributed by atoms with van der Waals surface area (Å²) in [5.74, 6) is 0.135. The van der Waals surface area contributed by atoms with E-state index in [0.717, 1.165) is 33.8 Å². The molecule has 0 aliphatic heterocycles. The van der Waals surface area contributed by atoms with E-state index in [1.54, 1.807) is 18.2 Å². The Morgan fingerprint density at radius 1 is 1.21 bits per heavy atom. The largest absolute Gasteiger partial charge is 0.309 e. The second-order valence-electron chi connectivity index (χ2n) is 7.13. The van der Waals surface area contributed by atoms with Crippen molar-refractivity contribution in [2.45, 2.75) is 39.0 Å². The lowest BCUT2D eigenvalue weighted by atomic mass is 9.91.